The van der Waals surface area contributed by atoms with Gasteiger partial charge in [-0.1, -0.05) is 36.4 Å². The lowest BCUT2D eigenvalue weighted by Gasteiger charge is -2.17. The second kappa shape index (κ2) is 9.22. The number of nitrogens with zero attached hydrogens (tertiary/aromatic N) is 3. The third-order valence-electron chi connectivity index (χ3n) is 5.59. The van der Waals surface area contributed by atoms with Gasteiger partial charge in [0.2, 0.25) is 5.91 Å². The predicted octanol–water partition coefficient (Wildman–Crippen LogP) is 4.70. The van der Waals surface area contributed by atoms with E-state index in [-0.39, 0.29) is 12.3 Å². The highest BCUT2D eigenvalue weighted by molar-refractivity contribution is 5.85. The highest BCUT2D eigenvalue weighted by atomic mass is 16.5. The van der Waals surface area contributed by atoms with Crippen LogP contribution in [0.3, 0.4) is 0 Å². The molecule has 1 N–H and O–H groups in total. The first-order chi connectivity index (χ1) is 15.8. The van der Waals surface area contributed by atoms with Gasteiger partial charge in [-0.05, 0) is 56.0 Å². The van der Waals surface area contributed by atoms with E-state index in [0.717, 1.165) is 59.8 Å². The van der Waals surface area contributed by atoms with Crippen molar-refractivity contribution in [2.24, 2.45) is 4.99 Å². The van der Waals surface area contributed by atoms with E-state index < -0.39 is 0 Å². The summed E-state index contributed by atoms with van der Waals surface area (Å²) >= 11 is 0. The quantitative estimate of drug-likeness (QED) is 0.568. The largest absolute Gasteiger partial charge is 0.487 e. The molecule has 2 aromatic carbocycles. The molecule has 3 aromatic rings. The Morgan fingerprint density at radius 2 is 1.81 bits per heavy atom. The number of aromatic nitrogens is 2. The fourth-order valence-corrected chi connectivity index (χ4v) is 3.85. The lowest BCUT2D eigenvalue weighted by Crippen LogP contribution is -2.25. The summed E-state index contributed by atoms with van der Waals surface area (Å²) in [5.41, 5.74) is 4.66. The van der Waals surface area contributed by atoms with Crippen molar-refractivity contribution < 1.29 is 9.53 Å². The molecule has 0 saturated heterocycles. The van der Waals surface area contributed by atoms with Crippen molar-refractivity contribution in [2.45, 2.75) is 44.8 Å². The predicted molar refractivity (Wildman–Crippen MR) is 125 cm³/mol. The molecule has 5 rings (SSSR count). The van der Waals surface area contributed by atoms with Crippen LogP contribution in [0.2, 0.25) is 0 Å². The number of carbonyl (C=O) groups excluding carboxylic acids is 1. The Kier molecular flexibility index (Phi) is 5.83. The summed E-state index contributed by atoms with van der Waals surface area (Å²) in [6, 6.07) is 22.2. The molecule has 1 amide bonds. The van der Waals surface area contributed by atoms with Gasteiger partial charge in [0.15, 0.2) is 0 Å². The highest BCUT2D eigenvalue weighted by Gasteiger charge is 2.25. The van der Waals surface area contributed by atoms with Crippen molar-refractivity contribution in [1.29, 1.82) is 0 Å². The highest BCUT2D eigenvalue weighted by Crippen LogP contribution is 2.32. The third kappa shape index (κ3) is 4.80. The van der Waals surface area contributed by atoms with Gasteiger partial charge < -0.3 is 10.1 Å². The lowest BCUT2D eigenvalue weighted by molar-refractivity contribution is -0.120. The number of carbonyl (C=O) groups is 1. The first-order valence-corrected chi connectivity index (χ1v) is 11.1. The van der Waals surface area contributed by atoms with Crippen LogP contribution in [0.1, 0.15) is 43.5 Å². The van der Waals surface area contributed by atoms with Crippen LogP contribution in [0.15, 0.2) is 77.4 Å². The van der Waals surface area contributed by atoms with Gasteiger partial charge in [-0.2, -0.15) is 5.10 Å². The van der Waals surface area contributed by atoms with E-state index >= 15 is 0 Å². The second-order valence-corrected chi connectivity index (χ2v) is 8.16. The molecule has 1 aromatic heterocycles. The van der Waals surface area contributed by atoms with Crippen molar-refractivity contribution in [3.63, 3.8) is 0 Å². The first kappa shape index (κ1) is 20.2. The summed E-state index contributed by atoms with van der Waals surface area (Å²) in [5.74, 6) is 0.847. The van der Waals surface area contributed by atoms with E-state index in [1.54, 1.807) is 0 Å². The van der Waals surface area contributed by atoms with E-state index in [4.69, 9.17) is 9.84 Å². The van der Waals surface area contributed by atoms with Gasteiger partial charge in [0.05, 0.1) is 23.5 Å². The topological polar surface area (TPSA) is 68.5 Å². The van der Waals surface area contributed by atoms with Gasteiger partial charge >= 0.3 is 0 Å². The molecule has 1 fully saturated rings. The number of para-hydroxylation sites is 2. The molecule has 2 heterocycles. The molecule has 1 aliphatic carbocycles. The zero-order chi connectivity index (χ0) is 21.8. The Balaban J connectivity index is 1.47. The Labute approximate surface area is 187 Å². The molecule has 32 heavy (non-hydrogen) atoms. The van der Waals surface area contributed by atoms with Gasteiger partial charge in [0, 0.05) is 17.8 Å². The fourth-order valence-electron chi connectivity index (χ4n) is 3.85. The van der Waals surface area contributed by atoms with E-state index in [1.807, 2.05) is 71.6 Å². The first-order valence-electron chi connectivity index (χ1n) is 11.1. The van der Waals surface area contributed by atoms with Crippen LogP contribution < -0.4 is 10.1 Å². The molecule has 0 bridgehead atoms. The molecule has 162 valence electrons. The summed E-state index contributed by atoms with van der Waals surface area (Å²) in [7, 11) is 0. The van der Waals surface area contributed by atoms with Crippen molar-refractivity contribution in [2.75, 3.05) is 0 Å². The molecule has 0 spiro atoms. The second-order valence-electron chi connectivity index (χ2n) is 8.16. The molecule has 1 saturated carbocycles. The number of allylic oxidation sites excluding steroid dienone is 1. The number of benzene rings is 2. The minimum atomic E-state index is 0.0393. The number of hydrogen-bond donors (Lipinski definition) is 1. The Bertz CT molecular complexity index is 1150. The molecule has 2 aliphatic rings. The number of amides is 1. The van der Waals surface area contributed by atoms with Gasteiger partial charge in [0.1, 0.15) is 18.1 Å². The van der Waals surface area contributed by atoms with Gasteiger partial charge in [0.25, 0.3) is 0 Å². The average molecular weight is 427 g/mol. The maximum atomic E-state index is 12.5. The van der Waals surface area contributed by atoms with Crippen molar-refractivity contribution in [3.05, 3.63) is 83.8 Å². The van der Waals surface area contributed by atoms with E-state index in [0.29, 0.717) is 12.6 Å². The summed E-state index contributed by atoms with van der Waals surface area (Å²) in [4.78, 5) is 17.1. The SMILES string of the molecule is O=C(CC1=C(c2cc(COc3ccccc3)nn2-c2ccccc2)CCC=N1)NC1CC1. The monoisotopic (exact) mass is 426 g/mol. The van der Waals surface area contributed by atoms with Crippen LogP contribution in [0.25, 0.3) is 11.3 Å². The van der Waals surface area contributed by atoms with Crippen LogP contribution in [0.5, 0.6) is 5.75 Å². The third-order valence-corrected chi connectivity index (χ3v) is 5.59. The standard InChI is InChI=1S/C26H26N4O2/c31-26(28-19-13-14-19)17-24-23(12-7-15-27-24)25-16-20(18-32-22-10-5-2-6-11-22)29-30(25)21-8-3-1-4-9-21/h1-6,8-11,15-16,19H,7,12-14,17-18H2,(H,28,31). The molecule has 0 atom stereocenters. The molecule has 6 nitrogen and oxygen atoms in total. The molecular formula is C26H26N4O2. The fraction of sp³-hybridized carbons (Fsp3) is 0.269. The average Bonchev–Trinajstić information content (AvgIpc) is 3.54. The van der Waals surface area contributed by atoms with E-state index in [9.17, 15) is 4.79 Å². The summed E-state index contributed by atoms with van der Waals surface area (Å²) in [6.45, 7) is 0.366. The molecular weight excluding hydrogens is 400 g/mol. The summed E-state index contributed by atoms with van der Waals surface area (Å²) in [5, 5.41) is 7.92. The maximum absolute atomic E-state index is 12.5. The lowest BCUT2D eigenvalue weighted by atomic mass is 9.99. The van der Waals surface area contributed by atoms with Crippen LogP contribution >= 0.6 is 0 Å². The van der Waals surface area contributed by atoms with Gasteiger partial charge in [-0.15, -0.1) is 0 Å². The van der Waals surface area contributed by atoms with E-state index in [1.165, 1.54) is 0 Å². The maximum Gasteiger partial charge on any atom is 0.226 e. The molecule has 0 radical (unpaired) electrons. The molecule has 6 heteroatoms. The normalized spacial score (nSPS) is 15.6. The van der Waals surface area contributed by atoms with Crippen LogP contribution in [0.4, 0.5) is 0 Å². The summed E-state index contributed by atoms with van der Waals surface area (Å²) < 4.78 is 7.88. The minimum absolute atomic E-state index is 0.0393. The Morgan fingerprint density at radius 1 is 1.06 bits per heavy atom. The number of aliphatic imine (C=N–C) groups is 1. The number of rotatable bonds is 8. The Morgan fingerprint density at radius 3 is 2.56 bits per heavy atom. The number of ether oxygens (including phenoxy) is 1. The van der Waals surface area contributed by atoms with Crippen LogP contribution in [-0.2, 0) is 11.4 Å². The minimum Gasteiger partial charge on any atom is -0.487 e. The van der Waals surface area contributed by atoms with Crippen molar-refractivity contribution in [1.82, 2.24) is 15.1 Å². The zero-order valence-corrected chi connectivity index (χ0v) is 17.9. The Hall–Kier alpha value is -3.67. The molecule has 0 unspecified atom stereocenters. The van der Waals surface area contributed by atoms with Crippen LogP contribution in [0, 0.1) is 0 Å². The van der Waals surface area contributed by atoms with Crippen molar-refractivity contribution >= 4 is 17.7 Å². The number of hydrogen-bond acceptors (Lipinski definition) is 4. The summed E-state index contributed by atoms with van der Waals surface area (Å²) in [6.07, 6.45) is 6.02. The van der Waals surface area contributed by atoms with Gasteiger partial charge in [-0.3, -0.25) is 9.79 Å². The smallest absolute Gasteiger partial charge is 0.226 e. The van der Waals surface area contributed by atoms with Crippen molar-refractivity contribution in [3.8, 4) is 11.4 Å². The van der Waals surface area contributed by atoms with Crippen LogP contribution in [-0.4, -0.2) is 27.9 Å². The van der Waals surface area contributed by atoms with Gasteiger partial charge in [-0.25, -0.2) is 4.68 Å². The zero-order valence-electron chi connectivity index (χ0n) is 17.9. The van der Waals surface area contributed by atoms with E-state index in [2.05, 4.69) is 16.4 Å². The number of nitrogens with one attached hydrogen (secondary N) is 1. The molecule has 1 aliphatic heterocycles.